The number of rotatable bonds is 7. The van der Waals surface area contributed by atoms with Crippen LogP contribution in [0.2, 0.25) is 0 Å². The molecule has 0 aliphatic heterocycles. The van der Waals surface area contributed by atoms with E-state index < -0.39 is 12.1 Å². The molecule has 144 valence electrons. The molecule has 2 amide bonds. The zero-order chi connectivity index (χ0) is 19.9. The van der Waals surface area contributed by atoms with Gasteiger partial charge in [-0.2, -0.15) is 13.2 Å². The molecular weight excluding hydrogens is 365 g/mol. The fourth-order valence-electron chi connectivity index (χ4n) is 2.04. The lowest BCUT2D eigenvalue weighted by atomic mass is 10.2. The highest BCUT2D eigenvalue weighted by Gasteiger charge is 2.38. The molecule has 0 saturated heterocycles. The van der Waals surface area contributed by atoms with Crippen molar-refractivity contribution in [3.63, 3.8) is 0 Å². The van der Waals surface area contributed by atoms with Crippen LogP contribution in [0, 0.1) is 0 Å². The Morgan fingerprint density at radius 2 is 1.63 bits per heavy atom. The highest BCUT2D eigenvalue weighted by atomic mass is 19.4. The summed E-state index contributed by atoms with van der Waals surface area (Å²) in [6.45, 7) is -0.0677. The highest BCUT2D eigenvalue weighted by molar-refractivity contribution is 5.94. The van der Waals surface area contributed by atoms with Crippen molar-refractivity contribution < 1.29 is 32.2 Å². The normalized spacial score (nSPS) is 10.8. The number of halogens is 3. The van der Waals surface area contributed by atoms with Gasteiger partial charge in [-0.05, 0) is 29.8 Å². The molecule has 0 bridgehead atoms. The lowest BCUT2D eigenvalue weighted by Crippen LogP contribution is -2.30. The average molecular weight is 382 g/mol. The van der Waals surface area contributed by atoms with Crippen molar-refractivity contribution >= 4 is 17.5 Å². The van der Waals surface area contributed by atoms with E-state index in [1.807, 2.05) is 0 Å². The number of hydrogen-bond donors (Lipinski definition) is 2. The first-order valence-corrected chi connectivity index (χ1v) is 7.79. The smallest absolute Gasteiger partial charge is 0.471 e. The Labute approximate surface area is 153 Å². The molecule has 2 rings (SSSR count). The molecule has 2 N–H and O–H groups in total. The molecule has 27 heavy (non-hydrogen) atoms. The third-order valence-corrected chi connectivity index (χ3v) is 3.39. The molecule has 0 aromatic heterocycles. The third-order valence-electron chi connectivity index (χ3n) is 3.39. The van der Waals surface area contributed by atoms with Gasteiger partial charge in [0.05, 0.1) is 7.11 Å². The summed E-state index contributed by atoms with van der Waals surface area (Å²) < 4.78 is 47.1. The SMILES string of the molecule is COc1ccccc1OCC(=O)NCc1ccc(NC(=O)C(F)(F)F)cc1. The maximum Gasteiger partial charge on any atom is 0.471 e. The van der Waals surface area contributed by atoms with Gasteiger partial charge in [-0.15, -0.1) is 0 Å². The largest absolute Gasteiger partial charge is 0.493 e. The predicted octanol–water partition coefficient (Wildman–Crippen LogP) is 2.89. The van der Waals surface area contributed by atoms with Crippen molar-refractivity contribution in [3.8, 4) is 11.5 Å². The molecule has 2 aromatic rings. The highest BCUT2D eigenvalue weighted by Crippen LogP contribution is 2.25. The minimum absolute atomic E-state index is 0.00640. The van der Waals surface area contributed by atoms with Gasteiger partial charge in [0.15, 0.2) is 18.1 Å². The molecule has 9 heteroatoms. The van der Waals surface area contributed by atoms with Gasteiger partial charge in [0, 0.05) is 12.2 Å². The second-order valence-corrected chi connectivity index (χ2v) is 5.37. The van der Waals surface area contributed by atoms with Crippen LogP contribution >= 0.6 is 0 Å². The van der Waals surface area contributed by atoms with Crippen molar-refractivity contribution in [2.45, 2.75) is 12.7 Å². The molecule has 0 fully saturated rings. The Morgan fingerprint density at radius 1 is 1.00 bits per heavy atom. The van der Waals surface area contributed by atoms with Crippen molar-refractivity contribution in [3.05, 3.63) is 54.1 Å². The van der Waals surface area contributed by atoms with Crippen LogP contribution in [0.5, 0.6) is 11.5 Å². The molecule has 0 aliphatic rings. The van der Waals surface area contributed by atoms with E-state index >= 15 is 0 Å². The number of ether oxygens (including phenoxy) is 2. The van der Waals surface area contributed by atoms with E-state index in [1.54, 1.807) is 29.6 Å². The Morgan fingerprint density at radius 3 is 2.22 bits per heavy atom. The Bertz CT molecular complexity index is 792. The van der Waals surface area contributed by atoms with E-state index in [0.29, 0.717) is 17.1 Å². The van der Waals surface area contributed by atoms with Crippen molar-refractivity contribution in [1.29, 1.82) is 0 Å². The van der Waals surface area contributed by atoms with Crippen LogP contribution < -0.4 is 20.1 Å². The maximum absolute atomic E-state index is 12.2. The summed E-state index contributed by atoms with van der Waals surface area (Å²) in [5, 5.41) is 4.36. The van der Waals surface area contributed by atoms with E-state index in [4.69, 9.17) is 9.47 Å². The molecule has 0 aliphatic carbocycles. The molecule has 2 aromatic carbocycles. The number of anilines is 1. The van der Waals surface area contributed by atoms with Crippen LogP contribution in [0.1, 0.15) is 5.56 Å². The predicted molar refractivity (Wildman–Crippen MR) is 91.5 cm³/mol. The molecule has 0 spiro atoms. The molecule has 0 unspecified atom stereocenters. The van der Waals surface area contributed by atoms with Gasteiger partial charge in [-0.25, -0.2) is 0 Å². The number of para-hydroxylation sites is 2. The van der Waals surface area contributed by atoms with Crippen LogP contribution in [0.3, 0.4) is 0 Å². The van der Waals surface area contributed by atoms with Crippen LogP contribution in [0.25, 0.3) is 0 Å². The van der Waals surface area contributed by atoms with Crippen LogP contribution in [0.15, 0.2) is 48.5 Å². The van der Waals surface area contributed by atoms with Gasteiger partial charge in [0.2, 0.25) is 0 Å². The first kappa shape index (κ1) is 20.1. The van der Waals surface area contributed by atoms with Crippen molar-refractivity contribution in [2.75, 3.05) is 19.0 Å². The summed E-state index contributed by atoms with van der Waals surface area (Å²) in [6.07, 6.45) is -4.95. The zero-order valence-electron chi connectivity index (χ0n) is 14.3. The third kappa shape index (κ3) is 6.21. The number of carbonyl (C=O) groups excluding carboxylic acids is 2. The Kier molecular flexibility index (Phi) is 6.64. The number of nitrogens with one attached hydrogen (secondary N) is 2. The van der Waals surface area contributed by atoms with Crippen LogP contribution in [-0.4, -0.2) is 31.7 Å². The summed E-state index contributed by atoms with van der Waals surface area (Å²) in [6, 6.07) is 12.5. The monoisotopic (exact) mass is 382 g/mol. The molecular formula is C18H17F3N2O4. The minimum atomic E-state index is -4.95. The number of methoxy groups -OCH3 is 1. The van der Waals surface area contributed by atoms with E-state index in [0.717, 1.165) is 0 Å². The summed E-state index contributed by atoms with van der Waals surface area (Å²) in [7, 11) is 1.49. The van der Waals surface area contributed by atoms with Gasteiger partial charge in [0.25, 0.3) is 5.91 Å². The second kappa shape index (κ2) is 8.93. The van der Waals surface area contributed by atoms with Gasteiger partial charge >= 0.3 is 12.1 Å². The summed E-state index contributed by atoms with van der Waals surface area (Å²) in [4.78, 5) is 22.7. The van der Waals surface area contributed by atoms with Gasteiger partial charge in [-0.3, -0.25) is 9.59 Å². The molecule has 0 atom stereocenters. The topological polar surface area (TPSA) is 76.7 Å². The van der Waals surface area contributed by atoms with Gasteiger partial charge < -0.3 is 20.1 Å². The van der Waals surface area contributed by atoms with Crippen molar-refractivity contribution in [1.82, 2.24) is 5.32 Å². The lowest BCUT2D eigenvalue weighted by Gasteiger charge is -2.11. The number of hydrogen-bond acceptors (Lipinski definition) is 4. The standard InChI is InChI=1S/C18H17F3N2O4/c1-26-14-4-2-3-5-15(14)27-11-16(24)22-10-12-6-8-13(9-7-12)23-17(25)18(19,20)21/h2-9H,10-11H2,1H3,(H,22,24)(H,23,25). The summed E-state index contributed by atoms with van der Waals surface area (Å²) in [5.74, 6) is -1.49. The second-order valence-electron chi connectivity index (χ2n) is 5.37. The molecule has 0 saturated carbocycles. The number of alkyl halides is 3. The maximum atomic E-state index is 12.2. The first-order chi connectivity index (χ1) is 12.8. The van der Waals surface area contributed by atoms with E-state index in [1.165, 1.54) is 31.4 Å². The van der Waals surface area contributed by atoms with E-state index in [9.17, 15) is 22.8 Å². The molecule has 6 nitrogen and oxygen atoms in total. The van der Waals surface area contributed by atoms with E-state index in [-0.39, 0.29) is 24.7 Å². The van der Waals surface area contributed by atoms with Crippen molar-refractivity contribution in [2.24, 2.45) is 0 Å². The first-order valence-electron chi connectivity index (χ1n) is 7.79. The van der Waals surface area contributed by atoms with Gasteiger partial charge in [0.1, 0.15) is 0 Å². The molecule has 0 radical (unpaired) electrons. The quantitative estimate of drug-likeness (QED) is 0.772. The fraction of sp³-hybridized carbons (Fsp3) is 0.222. The van der Waals surface area contributed by atoms with Gasteiger partial charge in [-0.1, -0.05) is 24.3 Å². The molecule has 0 heterocycles. The Hall–Kier alpha value is -3.23. The van der Waals surface area contributed by atoms with E-state index in [2.05, 4.69) is 5.32 Å². The van der Waals surface area contributed by atoms with Crippen LogP contribution in [-0.2, 0) is 16.1 Å². The number of benzene rings is 2. The van der Waals surface area contributed by atoms with Crippen LogP contribution in [0.4, 0.5) is 18.9 Å². The summed E-state index contributed by atoms with van der Waals surface area (Å²) in [5.41, 5.74) is 0.651. The number of amides is 2. The average Bonchev–Trinajstić information content (AvgIpc) is 2.65. The minimum Gasteiger partial charge on any atom is -0.493 e. The number of carbonyl (C=O) groups is 2. The zero-order valence-corrected chi connectivity index (χ0v) is 14.3. The summed E-state index contributed by atoms with van der Waals surface area (Å²) >= 11 is 0. The Balaban J connectivity index is 1.80. The fourth-order valence-corrected chi connectivity index (χ4v) is 2.04. The lowest BCUT2D eigenvalue weighted by molar-refractivity contribution is -0.167.